The average Bonchev–Trinajstić information content (AvgIpc) is 2.40. The molecule has 110 valence electrons. The Morgan fingerprint density at radius 1 is 1.40 bits per heavy atom. The number of hydrogen-bond acceptors (Lipinski definition) is 3. The number of aryl methyl sites for hydroxylation is 1. The Morgan fingerprint density at radius 2 is 2.10 bits per heavy atom. The van der Waals surface area contributed by atoms with Crippen LogP contribution in [-0.4, -0.2) is 29.4 Å². The highest BCUT2D eigenvalue weighted by molar-refractivity contribution is 6.31. The van der Waals surface area contributed by atoms with Crippen LogP contribution in [0.2, 0.25) is 5.02 Å². The zero-order valence-corrected chi connectivity index (χ0v) is 12.5. The Morgan fingerprint density at radius 3 is 2.65 bits per heavy atom. The second kappa shape index (κ2) is 8.02. The fourth-order valence-corrected chi connectivity index (χ4v) is 2.00. The maximum atomic E-state index is 12.4. The van der Waals surface area contributed by atoms with Crippen LogP contribution in [0.5, 0.6) is 0 Å². The Balaban J connectivity index is 2.84. The van der Waals surface area contributed by atoms with Gasteiger partial charge < -0.3 is 10.4 Å². The van der Waals surface area contributed by atoms with Crippen LogP contribution < -0.4 is 5.32 Å². The van der Waals surface area contributed by atoms with E-state index in [2.05, 4.69) is 5.32 Å². The highest BCUT2D eigenvalue weighted by Crippen LogP contribution is 2.18. The highest BCUT2D eigenvalue weighted by atomic mass is 35.5. The summed E-state index contributed by atoms with van der Waals surface area (Å²) >= 11 is 5.93. The van der Waals surface area contributed by atoms with Gasteiger partial charge in [0, 0.05) is 10.6 Å². The molecule has 0 radical (unpaired) electrons. The number of rotatable bonds is 8. The maximum absolute atomic E-state index is 12.4. The number of carboxylic acids is 1. The number of hydrogen-bond donors (Lipinski definition) is 2. The number of aliphatic carboxylic acids is 1. The van der Waals surface area contributed by atoms with Gasteiger partial charge in [0.15, 0.2) is 5.78 Å². The van der Waals surface area contributed by atoms with Gasteiger partial charge in [-0.2, -0.15) is 0 Å². The molecule has 1 unspecified atom stereocenters. The molecule has 0 saturated heterocycles. The van der Waals surface area contributed by atoms with Crippen molar-refractivity contribution in [2.75, 3.05) is 6.54 Å². The predicted octanol–water partition coefficient (Wildman–Crippen LogP) is 3.06. The minimum atomic E-state index is -0.988. The summed E-state index contributed by atoms with van der Waals surface area (Å²) < 4.78 is 0. The molecule has 5 heteroatoms. The first-order valence-corrected chi connectivity index (χ1v) is 7.09. The fraction of sp³-hybridized carbons (Fsp3) is 0.467. The third-order valence-electron chi connectivity index (χ3n) is 3.06. The smallest absolute Gasteiger partial charge is 0.305 e. The number of carbonyl (C=O) groups is 2. The van der Waals surface area contributed by atoms with Gasteiger partial charge in [-0.25, -0.2) is 0 Å². The molecule has 0 aliphatic rings. The summed E-state index contributed by atoms with van der Waals surface area (Å²) in [6, 6.07) is 4.29. The number of nitrogens with one attached hydrogen (secondary N) is 1. The zero-order valence-electron chi connectivity index (χ0n) is 11.8. The van der Waals surface area contributed by atoms with Crippen LogP contribution in [0.25, 0.3) is 0 Å². The molecule has 1 aromatic carbocycles. The molecule has 1 aromatic rings. The van der Waals surface area contributed by atoms with Gasteiger partial charge in [0.1, 0.15) is 0 Å². The summed E-state index contributed by atoms with van der Waals surface area (Å²) in [4.78, 5) is 23.3. The quantitative estimate of drug-likeness (QED) is 0.572. The van der Waals surface area contributed by atoms with Crippen molar-refractivity contribution in [1.82, 2.24) is 5.32 Å². The number of halogens is 1. The second-order valence-corrected chi connectivity index (χ2v) is 5.19. The first-order chi connectivity index (χ1) is 9.45. The van der Waals surface area contributed by atoms with E-state index >= 15 is 0 Å². The summed E-state index contributed by atoms with van der Waals surface area (Å²) in [6.07, 6.45) is 1.67. The molecule has 2 N–H and O–H groups in total. The van der Waals surface area contributed by atoms with Gasteiger partial charge in [0.05, 0.1) is 12.5 Å². The third kappa shape index (κ3) is 4.94. The molecule has 0 bridgehead atoms. The normalized spacial score (nSPS) is 12.2. The van der Waals surface area contributed by atoms with Gasteiger partial charge >= 0.3 is 5.97 Å². The lowest BCUT2D eigenvalue weighted by atomic mass is 10.00. The Hall–Kier alpha value is -1.39. The first kappa shape index (κ1) is 16.7. The Bertz CT molecular complexity index is 488. The van der Waals surface area contributed by atoms with E-state index in [1.54, 1.807) is 18.2 Å². The van der Waals surface area contributed by atoms with Gasteiger partial charge in [-0.15, -0.1) is 0 Å². The molecule has 0 fully saturated rings. The molecule has 0 aromatic heterocycles. The van der Waals surface area contributed by atoms with E-state index in [1.165, 1.54) is 0 Å². The molecule has 0 aliphatic carbocycles. The second-order valence-electron chi connectivity index (χ2n) is 4.79. The van der Waals surface area contributed by atoms with Gasteiger partial charge in [0.2, 0.25) is 0 Å². The molecule has 0 saturated carbocycles. The number of benzene rings is 1. The fourth-order valence-electron chi connectivity index (χ4n) is 1.88. The molecule has 0 spiro atoms. The lowest BCUT2D eigenvalue weighted by molar-refractivity contribution is -0.137. The van der Waals surface area contributed by atoms with Crippen LogP contribution in [0.3, 0.4) is 0 Å². The van der Waals surface area contributed by atoms with E-state index in [1.807, 2.05) is 13.8 Å². The number of ketones is 1. The summed E-state index contributed by atoms with van der Waals surface area (Å²) in [5.41, 5.74) is 1.29. The van der Waals surface area contributed by atoms with Crippen molar-refractivity contribution < 1.29 is 14.7 Å². The Labute approximate surface area is 124 Å². The molecule has 0 amide bonds. The minimum Gasteiger partial charge on any atom is -0.481 e. The van der Waals surface area contributed by atoms with E-state index in [0.717, 1.165) is 18.4 Å². The average molecular weight is 298 g/mol. The monoisotopic (exact) mass is 297 g/mol. The SMILES string of the molecule is CCCCNC(CC(=O)O)C(=O)c1ccc(Cl)c(C)c1. The largest absolute Gasteiger partial charge is 0.481 e. The molecular weight excluding hydrogens is 278 g/mol. The molecule has 1 rings (SSSR count). The lowest BCUT2D eigenvalue weighted by Gasteiger charge is -2.16. The molecule has 0 aliphatic heterocycles. The molecular formula is C15H20ClNO3. The third-order valence-corrected chi connectivity index (χ3v) is 3.48. The molecule has 20 heavy (non-hydrogen) atoms. The summed E-state index contributed by atoms with van der Waals surface area (Å²) in [5, 5.41) is 12.5. The summed E-state index contributed by atoms with van der Waals surface area (Å²) in [7, 11) is 0. The van der Waals surface area contributed by atoms with E-state index in [9.17, 15) is 9.59 Å². The molecule has 0 heterocycles. The van der Waals surface area contributed by atoms with Crippen LogP contribution in [-0.2, 0) is 4.79 Å². The van der Waals surface area contributed by atoms with Gasteiger partial charge in [0.25, 0.3) is 0 Å². The van der Waals surface area contributed by atoms with Crippen LogP contribution >= 0.6 is 11.6 Å². The van der Waals surface area contributed by atoms with Gasteiger partial charge in [-0.3, -0.25) is 9.59 Å². The zero-order chi connectivity index (χ0) is 15.1. The van der Waals surface area contributed by atoms with Crippen molar-refractivity contribution in [3.05, 3.63) is 34.3 Å². The number of carbonyl (C=O) groups excluding carboxylic acids is 1. The highest BCUT2D eigenvalue weighted by Gasteiger charge is 2.22. The van der Waals surface area contributed by atoms with Crippen molar-refractivity contribution in [1.29, 1.82) is 0 Å². The van der Waals surface area contributed by atoms with Crippen molar-refractivity contribution in [3.8, 4) is 0 Å². The standard InChI is InChI=1S/C15H20ClNO3/c1-3-4-7-17-13(9-14(18)19)15(20)11-5-6-12(16)10(2)8-11/h5-6,8,13,17H,3-4,7,9H2,1-2H3,(H,18,19). The predicted molar refractivity (Wildman–Crippen MR) is 79.5 cm³/mol. The number of Topliss-reactive ketones (excluding diaryl/α,β-unsaturated/α-hetero) is 1. The van der Waals surface area contributed by atoms with E-state index < -0.39 is 12.0 Å². The lowest BCUT2D eigenvalue weighted by Crippen LogP contribution is -2.39. The van der Waals surface area contributed by atoms with Crippen molar-refractivity contribution in [2.45, 2.75) is 39.2 Å². The van der Waals surface area contributed by atoms with Crippen LogP contribution in [0.1, 0.15) is 42.1 Å². The van der Waals surface area contributed by atoms with E-state index in [0.29, 0.717) is 17.1 Å². The van der Waals surface area contributed by atoms with Gasteiger partial charge in [-0.1, -0.05) is 24.9 Å². The minimum absolute atomic E-state index is 0.205. The maximum Gasteiger partial charge on any atom is 0.305 e. The van der Waals surface area contributed by atoms with Crippen molar-refractivity contribution in [2.24, 2.45) is 0 Å². The first-order valence-electron chi connectivity index (χ1n) is 6.71. The molecule has 4 nitrogen and oxygen atoms in total. The van der Waals surface area contributed by atoms with Gasteiger partial charge in [-0.05, 0) is 43.7 Å². The summed E-state index contributed by atoms with van der Waals surface area (Å²) in [5.74, 6) is -1.19. The Kier molecular flexibility index (Phi) is 6.68. The topological polar surface area (TPSA) is 66.4 Å². The van der Waals surface area contributed by atoms with Crippen molar-refractivity contribution >= 4 is 23.4 Å². The van der Waals surface area contributed by atoms with Crippen LogP contribution in [0, 0.1) is 6.92 Å². The van der Waals surface area contributed by atoms with E-state index in [4.69, 9.17) is 16.7 Å². The van der Waals surface area contributed by atoms with Crippen LogP contribution in [0.4, 0.5) is 0 Å². The van der Waals surface area contributed by atoms with E-state index in [-0.39, 0.29) is 12.2 Å². The summed E-state index contributed by atoms with van der Waals surface area (Å²) in [6.45, 7) is 4.49. The number of carboxylic acid groups (broad SMARTS) is 1. The number of unbranched alkanes of at least 4 members (excludes halogenated alkanes) is 1. The van der Waals surface area contributed by atoms with Crippen molar-refractivity contribution in [3.63, 3.8) is 0 Å². The van der Waals surface area contributed by atoms with Crippen LogP contribution in [0.15, 0.2) is 18.2 Å². The molecule has 1 atom stereocenters.